The van der Waals surface area contributed by atoms with Crippen LogP contribution in [0.1, 0.15) is 11.6 Å². The minimum absolute atomic E-state index is 0.163. The Morgan fingerprint density at radius 2 is 1.76 bits per heavy atom. The van der Waals surface area contributed by atoms with Crippen molar-refractivity contribution >= 4 is 0 Å². The van der Waals surface area contributed by atoms with Gasteiger partial charge in [-0.3, -0.25) is 0 Å². The van der Waals surface area contributed by atoms with Gasteiger partial charge in [0.1, 0.15) is 11.8 Å². The lowest BCUT2D eigenvalue weighted by molar-refractivity contribution is -0.291. The van der Waals surface area contributed by atoms with Gasteiger partial charge >= 0.3 is 12.1 Å². The SMILES string of the molecule is COc1cccc([C@@H](N)C(F)(F)C(F)(F)F)c1. The topological polar surface area (TPSA) is 35.2 Å². The summed E-state index contributed by atoms with van der Waals surface area (Å²) in [6.45, 7) is 0. The number of hydrogen-bond donors (Lipinski definition) is 1. The third kappa shape index (κ3) is 2.66. The van der Waals surface area contributed by atoms with Crippen LogP contribution in [0, 0.1) is 0 Å². The van der Waals surface area contributed by atoms with E-state index in [-0.39, 0.29) is 11.3 Å². The summed E-state index contributed by atoms with van der Waals surface area (Å²) < 4.78 is 66.9. The monoisotopic (exact) mass is 255 g/mol. The normalized spacial score (nSPS) is 14.5. The van der Waals surface area contributed by atoms with Gasteiger partial charge in [0.15, 0.2) is 0 Å². The number of halogens is 5. The summed E-state index contributed by atoms with van der Waals surface area (Å²) in [6, 6.07) is 2.39. The first-order chi connectivity index (χ1) is 7.70. The van der Waals surface area contributed by atoms with E-state index < -0.39 is 18.1 Å². The van der Waals surface area contributed by atoms with E-state index in [0.717, 1.165) is 12.1 Å². The molecule has 2 nitrogen and oxygen atoms in total. The molecule has 7 heteroatoms. The van der Waals surface area contributed by atoms with E-state index in [1.54, 1.807) is 0 Å². The molecule has 2 N–H and O–H groups in total. The maximum atomic E-state index is 13.0. The molecule has 0 spiro atoms. The van der Waals surface area contributed by atoms with Crippen LogP contribution in [0.2, 0.25) is 0 Å². The maximum absolute atomic E-state index is 13.0. The molecule has 1 atom stereocenters. The Balaban J connectivity index is 3.07. The summed E-state index contributed by atoms with van der Waals surface area (Å²) in [5.41, 5.74) is 4.62. The average molecular weight is 255 g/mol. The van der Waals surface area contributed by atoms with Crippen molar-refractivity contribution in [1.29, 1.82) is 0 Å². The molecular weight excluding hydrogens is 245 g/mol. The van der Waals surface area contributed by atoms with Crippen molar-refractivity contribution in [1.82, 2.24) is 0 Å². The zero-order chi connectivity index (χ0) is 13.3. The molecule has 0 radical (unpaired) electrons. The third-order valence-electron chi connectivity index (χ3n) is 2.22. The van der Waals surface area contributed by atoms with E-state index in [4.69, 9.17) is 10.5 Å². The van der Waals surface area contributed by atoms with Gasteiger partial charge in [-0.1, -0.05) is 12.1 Å². The number of rotatable bonds is 3. The fraction of sp³-hybridized carbons (Fsp3) is 0.400. The average Bonchev–Trinajstić information content (AvgIpc) is 2.26. The Morgan fingerprint density at radius 1 is 1.18 bits per heavy atom. The molecule has 0 aliphatic carbocycles. The molecule has 96 valence electrons. The lowest BCUT2D eigenvalue weighted by Gasteiger charge is -2.26. The molecule has 0 aliphatic heterocycles. The standard InChI is InChI=1S/C10H10F5NO/c1-17-7-4-2-3-6(5-7)8(16)9(11,12)10(13,14)15/h2-5,8H,16H2,1H3/t8-/m1/s1. The van der Waals surface area contributed by atoms with Gasteiger partial charge in [-0.05, 0) is 17.7 Å². The number of methoxy groups -OCH3 is 1. The summed E-state index contributed by atoms with van der Waals surface area (Å²) in [6.07, 6.45) is -5.69. The van der Waals surface area contributed by atoms with Gasteiger partial charge in [0.2, 0.25) is 0 Å². The molecule has 0 saturated heterocycles. The molecular formula is C10H10F5NO. The first-order valence-electron chi connectivity index (χ1n) is 4.54. The highest BCUT2D eigenvalue weighted by Gasteiger charge is 2.61. The zero-order valence-electron chi connectivity index (χ0n) is 8.76. The molecule has 0 aromatic heterocycles. The highest BCUT2D eigenvalue weighted by molar-refractivity contribution is 5.31. The highest BCUT2D eigenvalue weighted by atomic mass is 19.4. The second kappa shape index (κ2) is 4.48. The van der Waals surface area contributed by atoms with E-state index in [1.807, 2.05) is 0 Å². The molecule has 0 bridgehead atoms. The molecule has 0 amide bonds. The zero-order valence-corrected chi connectivity index (χ0v) is 8.76. The van der Waals surface area contributed by atoms with Crippen LogP contribution in [-0.2, 0) is 0 Å². The van der Waals surface area contributed by atoms with Crippen LogP contribution in [-0.4, -0.2) is 19.2 Å². The molecule has 0 heterocycles. The predicted octanol–water partition coefficient (Wildman–Crippen LogP) is 2.89. The summed E-state index contributed by atoms with van der Waals surface area (Å²) >= 11 is 0. The van der Waals surface area contributed by atoms with Gasteiger partial charge in [0, 0.05) is 0 Å². The molecule has 0 saturated carbocycles. The van der Waals surface area contributed by atoms with Gasteiger partial charge in [0.25, 0.3) is 0 Å². The summed E-state index contributed by atoms with van der Waals surface area (Å²) in [5.74, 6) is -4.82. The predicted molar refractivity (Wildman–Crippen MR) is 50.9 cm³/mol. The van der Waals surface area contributed by atoms with Crippen LogP contribution in [0.25, 0.3) is 0 Å². The van der Waals surface area contributed by atoms with E-state index in [9.17, 15) is 22.0 Å². The Morgan fingerprint density at radius 3 is 2.24 bits per heavy atom. The van der Waals surface area contributed by atoms with Crippen LogP contribution < -0.4 is 10.5 Å². The smallest absolute Gasteiger partial charge is 0.455 e. The van der Waals surface area contributed by atoms with Gasteiger partial charge in [-0.25, -0.2) is 0 Å². The summed E-state index contributed by atoms with van der Waals surface area (Å²) in [5, 5.41) is 0. The molecule has 1 aromatic carbocycles. The van der Waals surface area contributed by atoms with E-state index in [2.05, 4.69) is 0 Å². The van der Waals surface area contributed by atoms with Crippen molar-refractivity contribution in [3.63, 3.8) is 0 Å². The summed E-state index contributed by atoms with van der Waals surface area (Å²) in [7, 11) is 1.27. The Hall–Kier alpha value is -1.37. The van der Waals surface area contributed by atoms with E-state index in [0.29, 0.717) is 0 Å². The number of alkyl halides is 5. The quantitative estimate of drug-likeness (QED) is 0.843. The Kier molecular flexibility index (Phi) is 3.61. The van der Waals surface area contributed by atoms with Crippen molar-refractivity contribution in [2.45, 2.75) is 18.1 Å². The van der Waals surface area contributed by atoms with Crippen LogP contribution in [0.4, 0.5) is 22.0 Å². The van der Waals surface area contributed by atoms with Crippen molar-refractivity contribution in [3.8, 4) is 5.75 Å². The van der Waals surface area contributed by atoms with E-state index >= 15 is 0 Å². The Bertz CT molecular complexity index is 391. The number of hydrogen-bond acceptors (Lipinski definition) is 2. The lowest BCUT2D eigenvalue weighted by atomic mass is 10.0. The summed E-state index contributed by atoms with van der Waals surface area (Å²) in [4.78, 5) is 0. The van der Waals surface area contributed by atoms with Gasteiger partial charge in [0.05, 0.1) is 7.11 Å². The van der Waals surface area contributed by atoms with Crippen molar-refractivity contribution in [2.24, 2.45) is 5.73 Å². The van der Waals surface area contributed by atoms with Gasteiger partial charge in [-0.15, -0.1) is 0 Å². The van der Waals surface area contributed by atoms with Crippen LogP contribution in [0.15, 0.2) is 24.3 Å². The first kappa shape index (κ1) is 13.7. The third-order valence-corrected chi connectivity index (χ3v) is 2.22. The number of ether oxygens (including phenoxy) is 1. The fourth-order valence-corrected chi connectivity index (χ4v) is 1.22. The molecule has 0 unspecified atom stereocenters. The largest absolute Gasteiger partial charge is 0.497 e. The van der Waals surface area contributed by atoms with Gasteiger partial charge < -0.3 is 10.5 Å². The fourth-order valence-electron chi connectivity index (χ4n) is 1.22. The molecule has 1 aromatic rings. The van der Waals surface area contributed by atoms with Gasteiger partial charge in [-0.2, -0.15) is 22.0 Å². The maximum Gasteiger partial charge on any atom is 0.455 e. The number of benzene rings is 1. The first-order valence-corrected chi connectivity index (χ1v) is 4.54. The molecule has 17 heavy (non-hydrogen) atoms. The second-order valence-electron chi connectivity index (χ2n) is 3.38. The number of nitrogens with two attached hydrogens (primary N) is 1. The molecule has 0 aliphatic rings. The van der Waals surface area contributed by atoms with Crippen molar-refractivity contribution < 1.29 is 26.7 Å². The molecule has 1 rings (SSSR count). The lowest BCUT2D eigenvalue weighted by Crippen LogP contribution is -2.45. The Labute approximate surface area is 94.2 Å². The van der Waals surface area contributed by atoms with Crippen molar-refractivity contribution in [2.75, 3.05) is 7.11 Å². The van der Waals surface area contributed by atoms with E-state index in [1.165, 1.54) is 19.2 Å². The minimum Gasteiger partial charge on any atom is -0.497 e. The van der Waals surface area contributed by atoms with Crippen LogP contribution in [0.5, 0.6) is 5.75 Å². The van der Waals surface area contributed by atoms with Crippen molar-refractivity contribution in [3.05, 3.63) is 29.8 Å². The van der Waals surface area contributed by atoms with Crippen LogP contribution >= 0.6 is 0 Å². The minimum atomic E-state index is -5.69. The highest BCUT2D eigenvalue weighted by Crippen LogP contribution is 2.43. The molecule has 0 fully saturated rings. The second-order valence-corrected chi connectivity index (χ2v) is 3.38. The van der Waals surface area contributed by atoms with Crippen LogP contribution in [0.3, 0.4) is 0 Å².